The molecule has 0 bridgehead atoms. The van der Waals surface area contributed by atoms with Gasteiger partial charge in [0.1, 0.15) is 13.2 Å². The number of ether oxygens (including phenoxy) is 3. The molecule has 6 heteroatoms. The molecule has 0 rings (SSSR count). The van der Waals surface area contributed by atoms with E-state index < -0.39 is 6.10 Å². The summed E-state index contributed by atoms with van der Waals surface area (Å²) >= 11 is 0. The largest absolute Gasteiger partial charge is 0.462 e. The summed E-state index contributed by atoms with van der Waals surface area (Å²) in [5.74, 6) is -0.879. The summed E-state index contributed by atoms with van der Waals surface area (Å²) in [5, 5.41) is 0. The van der Waals surface area contributed by atoms with Gasteiger partial charge in [0.25, 0.3) is 0 Å². The van der Waals surface area contributed by atoms with Crippen LogP contribution in [0, 0.1) is 0 Å². The zero-order chi connectivity index (χ0) is 52.9. The second kappa shape index (κ2) is 61.9. The first kappa shape index (κ1) is 70.4. The lowest BCUT2D eigenvalue weighted by atomic mass is 10.0. The van der Waals surface area contributed by atoms with Crippen molar-refractivity contribution in [3.05, 3.63) is 48.6 Å². The monoisotopic (exact) mass is 1020 g/mol. The van der Waals surface area contributed by atoms with Gasteiger partial charge < -0.3 is 14.2 Å². The highest BCUT2D eigenvalue weighted by Crippen LogP contribution is 2.17. The van der Waals surface area contributed by atoms with E-state index in [1.54, 1.807) is 0 Å². The summed E-state index contributed by atoms with van der Waals surface area (Å²) in [5.41, 5.74) is 0. The third kappa shape index (κ3) is 60.1. The molecule has 0 fully saturated rings. The summed E-state index contributed by atoms with van der Waals surface area (Å²) in [4.78, 5) is 38.2. The number of carbonyl (C=O) groups is 3. The zero-order valence-corrected chi connectivity index (χ0v) is 48.9. The van der Waals surface area contributed by atoms with Crippen molar-refractivity contribution in [3.63, 3.8) is 0 Å². The SMILES string of the molecule is CCC/C=C\CCCCCCCC(=O)OCC(COC(=O)CCCCCCCCCCCCCCCCC/C=C\CCCCCCCCCC)OC(=O)CCCCCCCCC/C=C\C/C=C\CCCCCC. The fourth-order valence-corrected chi connectivity index (χ4v) is 9.41. The Bertz CT molecular complexity index is 1270. The van der Waals surface area contributed by atoms with Gasteiger partial charge in [-0.2, -0.15) is 0 Å². The van der Waals surface area contributed by atoms with Gasteiger partial charge in [0, 0.05) is 19.3 Å². The second-order valence-electron chi connectivity index (χ2n) is 21.7. The Labute approximate surface area is 454 Å². The molecule has 0 aliphatic heterocycles. The molecule has 0 radical (unpaired) electrons. The van der Waals surface area contributed by atoms with Gasteiger partial charge in [0.15, 0.2) is 6.10 Å². The van der Waals surface area contributed by atoms with Crippen LogP contribution in [0.3, 0.4) is 0 Å². The fourth-order valence-electron chi connectivity index (χ4n) is 9.41. The molecule has 0 aliphatic rings. The molecule has 0 N–H and O–H groups in total. The number of allylic oxidation sites excluding steroid dienone is 8. The Balaban J connectivity index is 4.17. The number of carbonyl (C=O) groups excluding carboxylic acids is 3. The predicted octanol–water partition coefficient (Wildman–Crippen LogP) is 21.8. The van der Waals surface area contributed by atoms with Crippen LogP contribution in [-0.4, -0.2) is 37.2 Å². The highest BCUT2D eigenvalue weighted by molar-refractivity contribution is 5.71. The van der Waals surface area contributed by atoms with Crippen molar-refractivity contribution in [1.29, 1.82) is 0 Å². The van der Waals surface area contributed by atoms with E-state index in [0.717, 1.165) is 83.5 Å². The summed E-state index contributed by atoms with van der Waals surface area (Å²) in [6.45, 7) is 6.59. The minimum atomic E-state index is -0.779. The molecule has 0 saturated carbocycles. The quantitative estimate of drug-likeness (QED) is 0.0261. The van der Waals surface area contributed by atoms with Crippen LogP contribution in [0.4, 0.5) is 0 Å². The van der Waals surface area contributed by atoms with Crippen LogP contribution in [0.15, 0.2) is 48.6 Å². The van der Waals surface area contributed by atoms with Gasteiger partial charge in [0.2, 0.25) is 0 Å². The molecule has 0 heterocycles. The van der Waals surface area contributed by atoms with Gasteiger partial charge >= 0.3 is 17.9 Å². The summed E-state index contributed by atoms with van der Waals surface area (Å²) < 4.78 is 16.9. The Morgan fingerprint density at radius 1 is 0.274 bits per heavy atom. The van der Waals surface area contributed by atoms with Gasteiger partial charge in [0.05, 0.1) is 0 Å². The lowest BCUT2D eigenvalue weighted by Crippen LogP contribution is -2.30. The Morgan fingerprint density at radius 2 is 0.521 bits per heavy atom. The maximum Gasteiger partial charge on any atom is 0.306 e. The first-order chi connectivity index (χ1) is 36.0. The third-order valence-electron chi connectivity index (χ3n) is 14.3. The van der Waals surface area contributed by atoms with E-state index in [9.17, 15) is 14.4 Å². The molecule has 0 aromatic rings. The standard InChI is InChI=1S/C67H122O6/c1-4-7-10-13-16-19-22-24-26-28-30-31-32-33-34-35-36-37-38-40-41-43-45-48-51-54-57-60-66(69)72-63-64(62-71-65(68)59-56-53-50-47-21-18-15-12-9-6-3)73-67(70)61-58-55-52-49-46-44-42-39-29-27-25-23-20-17-14-11-8-5-2/h12,15,20,23,27-30,64H,4-11,13-14,16-19,21-22,24-26,31-63H2,1-3H3/b15-12-,23-20-,29-27-,30-28-. The van der Waals surface area contributed by atoms with Crippen LogP contribution in [0.1, 0.15) is 342 Å². The third-order valence-corrected chi connectivity index (χ3v) is 14.3. The molecule has 0 aromatic heterocycles. The number of unbranched alkanes of at least 4 members (excludes halogenated alkanes) is 40. The predicted molar refractivity (Wildman–Crippen MR) is 316 cm³/mol. The first-order valence-electron chi connectivity index (χ1n) is 32.1. The molecule has 73 heavy (non-hydrogen) atoms. The number of esters is 3. The smallest absolute Gasteiger partial charge is 0.306 e. The lowest BCUT2D eigenvalue weighted by molar-refractivity contribution is -0.167. The van der Waals surface area contributed by atoms with Gasteiger partial charge in [-0.25, -0.2) is 0 Å². The van der Waals surface area contributed by atoms with Crippen molar-refractivity contribution in [3.8, 4) is 0 Å². The van der Waals surface area contributed by atoms with E-state index in [1.165, 1.54) is 218 Å². The molecule has 0 saturated heterocycles. The summed E-state index contributed by atoms with van der Waals surface area (Å²) in [7, 11) is 0. The second-order valence-corrected chi connectivity index (χ2v) is 21.7. The van der Waals surface area contributed by atoms with E-state index in [0.29, 0.717) is 19.3 Å². The normalized spacial score (nSPS) is 12.3. The van der Waals surface area contributed by atoms with Gasteiger partial charge in [-0.3, -0.25) is 14.4 Å². The Morgan fingerprint density at radius 3 is 0.836 bits per heavy atom. The van der Waals surface area contributed by atoms with E-state index in [4.69, 9.17) is 14.2 Å². The molecule has 1 unspecified atom stereocenters. The van der Waals surface area contributed by atoms with Crippen molar-refractivity contribution in [1.82, 2.24) is 0 Å². The van der Waals surface area contributed by atoms with Crippen LogP contribution in [-0.2, 0) is 28.6 Å². The average molecular weight is 1020 g/mol. The van der Waals surface area contributed by atoms with Crippen LogP contribution in [0.5, 0.6) is 0 Å². The Kier molecular flexibility index (Phi) is 59.7. The Hall–Kier alpha value is -2.63. The van der Waals surface area contributed by atoms with Crippen LogP contribution >= 0.6 is 0 Å². The fraction of sp³-hybridized carbons (Fsp3) is 0.836. The number of hydrogen-bond acceptors (Lipinski definition) is 6. The van der Waals surface area contributed by atoms with Crippen LogP contribution in [0.25, 0.3) is 0 Å². The molecule has 0 aliphatic carbocycles. The number of hydrogen-bond donors (Lipinski definition) is 0. The van der Waals surface area contributed by atoms with E-state index in [2.05, 4.69) is 69.4 Å². The van der Waals surface area contributed by atoms with Crippen molar-refractivity contribution >= 4 is 17.9 Å². The highest BCUT2D eigenvalue weighted by atomic mass is 16.6. The molecular weight excluding hydrogens is 901 g/mol. The van der Waals surface area contributed by atoms with E-state index in [-0.39, 0.29) is 31.1 Å². The molecule has 0 spiro atoms. The zero-order valence-electron chi connectivity index (χ0n) is 48.9. The topological polar surface area (TPSA) is 78.9 Å². The van der Waals surface area contributed by atoms with Crippen molar-refractivity contribution in [2.45, 2.75) is 348 Å². The molecule has 426 valence electrons. The van der Waals surface area contributed by atoms with Gasteiger partial charge in [-0.1, -0.05) is 275 Å². The first-order valence-corrected chi connectivity index (χ1v) is 32.1. The molecular formula is C67H122O6. The highest BCUT2D eigenvalue weighted by Gasteiger charge is 2.19. The molecule has 0 aromatic carbocycles. The average Bonchev–Trinajstić information content (AvgIpc) is 3.39. The van der Waals surface area contributed by atoms with E-state index in [1.807, 2.05) is 0 Å². The minimum absolute atomic E-state index is 0.0765. The number of rotatable bonds is 59. The lowest BCUT2D eigenvalue weighted by Gasteiger charge is -2.18. The molecule has 1 atom stereocenters. The maximum atomic E-state index is 12.9. The van der Waals surface area contributed by atoms with Crippen molar-refractivity contribution in [2.75, 3.05) is 13.2 Å². The molecule has 6 nitrogen and oxygen atoms in total. The minimum Gasteiger partial charge on any atom is -0.462 e. The maximum absolute atomic E-state index is 12.9. The molecule has 0 amide bonds. The summed E-state index contributed by atoms with van der Waals surface area (Å²) in [6.07, 6.45) is 77.1. The summed E-state index contributed by atoms with van der Waals surface area (Å²) in [6, 6.07) is 0. The van der Waals surface area contributed by atoms with Crippen molar-refractivity contribution in [2.24, 2.45) is 0 Å². The van der Waals surface area contributed by atoms with Gasteiger partial charge in [-0.05, 0) is 96.3 Å². The van der Waals surface area contributed by atoms with Gasteiger partial charge in [-0.15, -0.1) is 0 Å². The van der Waals surface area contributed by atoms with Crippen molar-refractivity contribution < 1.29 is 28.6 Å². The van der Waals surface area contributed by atoms with Crippen LogP contribution in [0.2, 0.25) is 0 Å². The van der Waals surface area contributed by atoms with E-state index >= 15 is 0 Å². The van der Waals surface area contributed by atoms with Crippen LogP contribution < -0.4 is 0 Å².